The number of amides is 2. The van der Waals surface area contributed by atoms with Crippen LogP contribution in [0.1, 0.15) is 40.5 Å². The van der Waals surface area contributed by atoms with Crippen LogP contribution in [0.5, 0.6) is 0 Å². The van der Waals surface area contributed by atoms with Crippen molar-refractivity contribution in [2.75, 3.05) is 21.3 Å². The zero-order chi connectivity index (χ0) is 34.8. The summed E-state index contributed by atoms with van der Waals surface area (Å²) in [6.07, 6.45) is 12.5. The first-order valence-electron chi connectivity index (χ1n) is 15.3. The minimum absolute atomic E-state index is 0.0755. The third kappa shape index (κ3) is 9.06. The van der Waals surface area contributed by atoms with E-state index in [0.717, 1.165) is 0 Å². The maximum absolute atomic E-state index is 14.2. The Balaban J connectivity index is 2.20. The summed E-state index contributed by atoms with van der Waals surface area (Å²) in [7, 11) is 4.23. The second-order valence-corrected chi connectivity index (χ2v) is 11.7. The van der Waals surface area contributed by atoms with Crippen LogP contribution in [0, 0.1) is 11.8 Å². The van der Waals surface area contributed by atoms with E-state index in [-0.39, 0.29) is 40.6 Å². The van der Waals surface area contributed by atoms with Crippen LogP contribution in [0.25, 0.3) is 0 Å². The molecule has 0 fully saturated rings. The van der Waals surface area contributed by atoms with E-state index >= 15 is 0 Å². The van der Waals surface area contributed by atoms with Gasteiger partial charge in [0.05, 0.1) is 19.3 Å². The SMILES string of the molecule is COC1=C2C[C@@H](C)C[C@H](OC)[C@H](O)[C@@H](C)/C=C(\C)[C@H](OC(N)=O)[C@@H](OC)/C=C\C=C(/C)C(=O)NC(=C(N3C=CC=CC=C3)C1=O)C2=O. The molecule has 4 N–H and O–H groups in total. The quantitative estimate of drug-likeness (QED) is 0.295. The minimum Gasteiger partial charge on any atom is -0.492 e. The molecular formula is C35H45N3O9. The van der Waals surface area contributed by atoms with Crippen LogP contribution in [0.2, 0.25) is 0 Å². The lowest BCUT2D eigenvalue weighted by molar-refractivity contribution is -0.122. The van der Waals surface area contributed by atoms with Gasteiger partial charge in [0.2, 0.25) is 11.6 Å². The first-order chi connectivity index (χ1) is 22.3. The number of nitrogens with zero attached hydrogens (tertiary/aromatic N) is 1. The Labute approximate surface area is 275 Å². The summed E-state index contributed by atoms with van der Waals surface area (Å²) in [6, 6.07) is 0. The number of rotatable bonds is 5. The first kappa shape index (κ1) is 36.9. The average Bonchev–Trinajstić information content (AvgIpc) is 3.31. The highest BCUT2D eigenvalue weighted by Gasteiger charge is 2.39. The highest BCUT2D eigenvalue weighted by molar-refractivity contribution is 6.25. The topological polar surface area (TPSA) is 167 Å². The number of hydrogen-bond acceptors (Lipinski definition) is 10. The molecule has 6 atom stereocenters. The fourth-order valence-corrected chi connectivity index (χ4v) is 5.69. The van der Waals surface area contributed by atoms with Gasteiger partial charge in [-0.2, -0.15) is 0 Å². The molecule has 0 spiro atoms. The summed E-state index contributed by atoms with van der Waals surface area (Å²) in [5.74, 6) is -2.63. The van der Waals surface area contributed by atoms with Gasteiger partial charge in [-0.1, -0.05) is 50.3 Å². The van der Waals surface area contributed by atoms with Crippen LogP contribution < -0.4 is 11.1 Å². The fourth-order valence-electron chi connectivity index (χ4n) is 5.69. The Bertz CT molecular complexity index is 1460. The molecule has 0 unspecified atom stereocenters. The van der Waals surface area contributed by atoms with Gasteiger partial charge < -0.3 is 40.0 Å². The molecule has 12 heteroatoms. The molecule has 0 radical (unpaired) electrons. The monoisotopic (exact) mass is 651 g/mol. The van der Waals surface area contributed by atoms with Crippen molar-refractivity contribution in [2.45, 2.75) is 65.0 Å². The molecule has 0 aromatic heterocycles. The van der Waals surface area contributed by atoms with Crippen molar-refractivity contribution in [1.29, 1.82) is 0 Å². The van der Waals surface area contributed by atoms with Crippen LogP contribution in [0.4, 0.5) is 4.79 Å². The molecule has 254 valence electrons. The van der Waals surface area contributed by atoms with Gasteiger partial charge in [0.1, 0.15) is 17.5 Å². The Morgan fingerprint density at radius 3 is 2.21 bits per heavy atom. The average molecular weight is 652 g/mol. The summed E-state index contributed by atoms with van der Waals surface area (Å²) in [5, 5.41) is 14.0. The number of nitrogens with two attached hydrogens (primary N) is 1. The Morgan fingerprint density at radius 2 is 1.64 bits per heavy atom. The van der Waals surface area contributed by atoms with Gasteiger partial charge in [-0.25, -0.2) is 4.79 Å². The lowest BCUT2D eigenvalue weighted by atomic mass is 9.84. The van der Waals surface area contributed by atoms with Gasteiger partial charge in [-0.3, -0.25) is 14.4 Å². The molecule has 2 bridgehead atoms. The number of fused-ring (bicyclic) bond motifs is 2. The third-order valence-corrected chi connectivity index (χ3v) is 8.16. The van der Waals surface area contributed by atoms with E-state index in [1.807, 2.05) is 6.92 Å². The summed E-state index contributed by atoms with van der Waals surface area (Å²) in [6.45, 7) is 6.94. The van der Waals surface area contributed by atoms with E-state index in [1.165, 1.54) is 32.3 Å². The van der Waals surface area contributed by atoms with Crippen molar-refractivity contribution >= 4 is 23.6 Å². The van der Waals surface area contributed by atoms with Gasteiger partial charge >= 0.3 is 6.09 Å². The zero-order valence-electron chi connectivity index (χ0n) is 27.9. The minimum atomic E-state index is -1.01. The second kappa shape index (κ2) is 16.9. The molecule has 12 nitrogen and oxygen atoms in total. The van der Waals surface area contributed by atoms with Gasteiger partial charge in [-0.05, 0) is 50.3 Å². The van der Waals surface area contributed by atoms with Crippen LogP contribution in [-0.4, -0.2) is 79.3 Å². The van der Waals surface area contributed by atoms with Crippen molar-refractivity contribution in [2.24, 2.45) is 17.6 Å². The van der Waals surface area contributed by atoms with Gasteiger partial charge in [0, 0.05) is 43.7 Å². The lowest BCUT2D eigenvalue weighted by Crippen LogP contribution is -2.39. The van der Waals surface area contributed by atoms with E-state index in [2.05, 4.69) is 5.32 Å². The number of methoxy groups -OCH3 is 3. The van der Waals surface area contributed by atoms with Crippen molar-refractivity contribution < 1.29 is 43.2 Å². The molecule has 0 saturated carbocycles. The third-order valence-electron chi connectivity index (χ3n) is 8.16. The number of carbonyl (C=O) groups is 4. The first-order valence-corrected chi connectivity index (χ1v) is 15.3. The van der Waals surface area contributed by atoms with Crippen LogP contribution in [0.15, 0.2) is 94.9 Å². The number of ether oxygens (including phenoxy) is 4. The Morgan fingerprint density at radius 1 is 0.979 bits per heavy atom. The summed E-state index contributed by atoms with van der Waals surface area (Å²) in [5.41, 5.74) is 5.99. The van der Waals surface area contributed by atoms with E-state index in [9.17, 15) is 24.3 Å². The van der Waals surface area contributed by atoms with E-state index in [4.69, 9.17) is 24.7 Å². The van der Waals surface area contributed by atoms with Crippen LogP contribution >= 0.6 is 0 Å². The summed E-state index contributed by atoms with van der Waals surface area (Å²) in [4.78, 5) is 54.9. The number of Topliss-reactive ketones (excluding diaryl/α,β-unsaturated/α-hetero) is 2. The number of allylic oxidation sites excluding steroid dienone is 7. The van der Waals surface area contributed by atoms with E-state index in [0.29, 0.717) is 12.0 Å². The number of primary amides is 1. The molecule has 1 aliphatic carbocycles. The van der Waals surface area contributed by atoms with Crippen molar-refractivity contribution in [1.82, 2.24) is 10.2 Å². The number of hydrogen-bond donors (Lipinski definition) is 3. The van der Waals surface area contributed by atoms with Gasteiger partial charge in [0.15, 0.2) is 11.9 Å². The Hall–Kier alpha value is -4.52. The molecule has 3 rings (SSSR count). The lowest BCUT2D eigenvalue weighted by Gasteiger charge is -2.31. The molecular weight excluding hydrogens is 606 g/mol. The Kier molecular flexibility index (Phi) is 13.3. The zero-order valence-corrected chi connectivity index (χ0v) is 27.9. The number of ketones is 2. The van der Waals surface area contributed by atoms with Crippen molar-refractivity contribution in [3.63, 3.8) is 0 Å². The van der Waals surface area contributed by atoms with E-state index in [1.54, 1.807) is 75.7 Å². The molecule has 0 aromatic rings. The number of carbonyl (C=O) groups excluding carboxylic acids is 4. The highest BCUT2D eigenvalue weighted by Crippen LogP contribution is 2.33. The highest BCUT2D eigenvalue weighted by atomic mass is 16.6. The molecule has 0 aromatic carbocycles. The summed E-state index contributed by atoms with van der Waals surface area (Å²) < 4.78 is 22.2. The second-order valence-electron chi connectivity index (χ2n) is 11.7. The fraction of sp³-hybridized carbons (Fsp3) is 0.429. The normalized spacial score (nSPS) is 31.1. The maximum Gasteiger partial charge on any atom is 0.405 e. The molecule has 2 aliphatic heterocycles. The predicted molar refractivity (Wildman–Crippen MR) is 175 cm³/mol. The van der Waals surface area contributed by atoms with Gasteiger partial charge in [0.25, 0.3) is 5.91 Å². The number of aliphatic hydroxyl groups is 1. The van der Waals surface area contributed by atoms with Crippen LogP contribution in [0.3, 0.4) is 0 Å². The molecule has 3 aliphatic rings. The maximum atomic E-state index is 14.2. The van der Waals surface area contributed by atoms with Crippen molar-refractivity contribution in [3.8, 4) is 0 Å². The smallest absolute Gasteiger partial charge is 0.405 e. The molecule has 2 amide bonds. The molecule has 2 heterocycles. The predicted octanol–water partition coefficient (Wildman–Crippen LogP) is 3.64. The van der Waals surface area contributed by atoms with Crippen LogP contribution in [-0.2, 0) is 33.3 Å². The number of nitrogens with one attached hydrogen (secondary N) is 1. The molecule has 47 heavy (non-hydrogen) atoms. The number of aliphatic hydroxyl groups excluding tert-OH is 1. The molecule has 0 saturated heterocycles. The largest absolute Gasteiger partial charge is 0.492 e. The van der Waals surface area contributed by atoms with E-state index < -0.39 is 53.9 Å². The summed E-state index contributed by atoms with van der Waals surface area (Å²) >= 11 is 0. The standard InChI is InChI=1S/C35H45N3O9/c1-20-17-24-30(40)27(28(31(41)33(24)46-7)38-15-10-8-9-11-16-38)37-34(42)21(2)13-12-14-25(44-5)32(47-35(36)43)23(4)19-22(3)29(39)26(18-20)45-6/h8-16,19-20,22,25-26,29,32,39H,17-18H2,1-7H3,(H2,36,43)(H,37,42)/b14-12-,21-13+,23-19+/t20-,22+,25+,26+,29-,32+/m1/s1. The van der Waals surface area contributed by atoms with Crippen molar-refractivity contribution in [3.05, 3.63) is 94.9 Å². The van der Waals surface area contributed by atoms with Gasteiger partial charge in [-0.15, -0.1) is 0 Å².